The average Bonchev–Trinajstić information content (AvgIpc) is 2.52. The Kier molecular flexibility index (Phi) is 3.82. The number of hydrogen-bond acceptors (Lipinski definition) is 3. The summed E-state index contributed by atoms with van der Waals surface area (Å²) in [6, 6.07) is 9.21. The molecule has 0 aliphatic carbocycles. The fourth-order valence-electron chi connectivity index (χ4n) is 2.15. The minimum Gasteiger partial charge on any atom is -0.486 e. The van der Waals surface area contributed by atoms with Crippen LogP contribution in [0.3, 0.4) is 0 Å². The van der Waals surface area contributed by atoms with Gasteiger partial charge in [0.05, 0.1) is 0 Å². The van der Waals surface area contributed by atoms with Crippen molar-refractivity contribution in [2.75, 3.05) is 23.8 Å². The van der Waals surface area contributed by atoms with E-state index in [1.165, 1.54) is 6.07 Å². The molecule has 0 atom stereocenters. The molecule has 1 aliphatic heterocycles. The zero-order valence-corrected chi connectivity index (χ0v) is 12.0. The number of carbonyl (C=O) groups excluding carboxylic acids is 1. The van der Waals surface area contributed by atoms with E-state index in [1.807, 2.05) is 0 Å². The highest BCUT2D eigenvalue weighted by atomic mass is 19.1. The molecule has 0 spiro atoms. The highest BCUT2D eigenvalue weighted by molar-refractivity contribution is 6.00. The van der Waals surface area contributed by atoms with Gasteiger partial charge in [-0.15, -0.1) is 0 Å². The van der Waals surface area contributed by atoms with Crippen molar-refractivity contribution in [3.63, 3.8) is 0 Å². The van der Waals surface area contributed by atoms with Crippen LogP contribution in [0.2, 0.25) is 0 Å². The number of anilines is 2. The Hall–Kier alpha value is -2.76. The predicted octanol–water partition coefficient (Wildman–Crippen LogP) is 3.55. The van der Waals surface area contributed by atoms with E-state index in [4.69, 9.17) is 9.47 Å². The Morgan fingerprint density at radius 1 is 1.09 bits per heavy atom. The molecule has 2 aromatic rings. The van der Waals surface area contributed by atoms with Crippen LogP contribution < -0.4 is 20.1 Å². The van der Waals surface area contributed by atoms with Gasteiger partial charge in [0, 0.05) is 23.0 Å². The normalized spacial score (nSPS) is 12.6. The Bertz CT molecular complexity index is 719. The largest absolute Gasteiger partial charge is 0.486 e. The maximum Gasteiger partial charge on any atom is 0.323 e. The number of carbonyl (C=O) groups is 1. The van der Waals surface area contributed by atoms with Crippen LogP contribution in [0, 0.1) is 12.7 Å². The fourth-order valence-corrected chi connectivity index (χ4v) is 2.15. The SMILES string of the molecule is Cc1c(F)cccc1NC(=O)Nc1ccc2c(c1)OCCO2. The molecule has 6 heteroatoms. The van der Waals surface area contributed by atoms with Crippen molar-refractivity contribution in [3.05, 3.63) is 47.8 Å². The smallest absolute Gasteiger partial charge is 0.323 e. The van der Waals surface area contributed by atoms with Crippen molar-refractivity contribution in [1.82, 2.24) is 0 Å². The first-order valence-electron chi connectivity index (χ1n) is 6.86. The molecule has 2 N–H and O–H groups in total. The van der Waals surface area contributed by atoms with E-state index in [9.17, 15) is 9.18 Å². The van der Waals surface area contributed by atoms with Gasteiger partial charge in [-0.05, 0) is 31.2 Å². The first kappa shape index (κ1) is 14.2. The van der Waals surface area contributed by atoms with E-state index in [1.54, 1.807) is 37.3 Å². The van der Waals surface area contributed by atoms with E-state index in [-0.39, 0.29) is 5.82 Å². The van der Waals surface area contributed by atoms with E-state index in [2.05, 4.69) is 10.6 Å². The molecule has 2 aromatic carbocycles. The number of nitrogens with one attached hydrogen (secondary N) is 2. The minimum atomic E-state index is -0.453. The molecule has 0 aromatic heterocycles. The van der Waals surface area contributed by atoms with Crippen molar-refractivity contribution in [1.29, 1.82) is 0 Å². The Morgan fingerprint density at radius 2 is 1.86 bits per heavy atom. The maximum atomic E-state index is 13.4. The molecule has 5 nitrogen and oxygen atoms in total. The van der Waals surface area contributed by atoms with Crippen molar-refractivity contribution in [3.8, 4) is 11.5 Å². The van der Waals surface area contributed by atoms with Crippen LogP contribution in [-0.4, -0.2) is 19.2 Å². The summed E-state index contributed by atoms with van der Waals surface area (Å²) in [7, 11) is 0. The zero-order chi connectivity index (χ0) is 15.5. The molecule has 0 radical (unpaired) electrons. The van der Waals surface area contributed by atoms with Crippen LogP contribution in [-0.2, 0) is 0 Å². The van der Waals surface area contributed by atoms with E-state index in [0.29, 0.717) is 41.7 Å². The third kappa shape index (κ3) is 2.95. The summed E-state index contributed by atoms with van der Waals surface area (Å²) < 4.78 is 24.3. The first-order valence-corrected chi connectivity index (χ1v) is 6.86. The Morgan fingerprint density at radius 3 is 2.68 bits per heavy atom. The van der Waals surface area contributed by atoms with E-state index >= 15 is 0 Å². The first-order chi connectivity index (χ1) is 10.6. The molecule has 0 saturated carbocycles. The lowest BCUT2D eigenvalue weighted by Crippen LogP contribution is -2.21. The molecule has 3 rings (SSSR count). The van der Waals surface area contributed by atoms with Crippen LogP contribution in [0.4, 0.5) is 20.6 Å². The molecule has 0 saturated heterocycles. The van der Waals surface area contributed by atoms with Gasteiger partial charge in [-0.25, -0.2) is 9.18 Å². The molecular weight excluding hydrogens is 287 g/mol. The van der Waals surface area contributed by atoms with Crippen LogP contribution in [0.1, 0.15) is 5.56 Å². The summed E-state index contributed by atoms with van der Waals surface area (Å²) in [5.74, 6) is 0.876. The number of ether oxygens (including phenoxy) is 2. The number of rotatable bonds is 2. The summed E-state index contributed by atoms with van der Waals surface area (Å²) in [6.07, 6.45) is 0. The Balaban J connectivity index is 1.70. The second kappa shape index (κ2) is 5.93. The van der Waals surface area contributed by atoms with Crippen molar-refractivity contribution >= 4 is 17.4 Å². The molecule has 0 unspecified atom stereocenters. The third-order valence-corrected chi connectivity index (χ3v) is 3.32. The molecule has 2 amide bonds. The lowest BCUT2D eigenvalue weighted by molar-refractivity contribution is 0.171. The number of benzene rings is 2. The standard InChI is InChI=1S/C16H15FN2O3/c1-10-12(17)3-2-4-13(10)19-16(20)18-11-5-6-14-15(9-11)22-8-7-21-14/h2-6,9H,7-8H2,1H3,(H2,18,19,20). The summed E-state index contributed by atoms with van der Waals surface area (Å²) >= 11 is 0. The lowest BCUT2D eigenvalue weighted by Gasteiger charge is -2.19. The number of fused-ring (bicyclic) bond motifs is 1. The highest BCUT2D eigenvalue weighted by Crippen LogP contribution is 2.32. The Labute approximate surface area is 127 Å². The van der Waals surface area contributed by atoms with Gasteiger partial charge in [0.25, 0.3) is 0 Å². The molecule has 0 bridgehead atoms. The lowest BCUT2D eigenvalue weighted by atomic mass is 10.2. The van der Waals surface area contributed by atoms with Gasteiger partial charge >= 0.3 is 6.03 Å². The molecular formula is C16H15FN2O3. The van der Waals surface area contributed by atoms with E-state index < -0.39 is 6.03 Å². The topological polar surface area (TPSA) is 59.6 Å². The van der Waals surface area contributed by atoms with Crippen LogP contribution in [0.15, 0.2) is 36.4 Å². The number of urea groups is 1. The number of amides is 2. The summed E-state index contributed by atoms with van der Waals surface area (Å²) in [5.41, 5.74) is 1.38. The molecule has 0 fully saturated rings. The molecule has 1 heterocycles. The fraction of sp³-hybridized carbons (Fsp3) is 0.188. The van der Waals surface area contributed by atoms with Gasteiger partial charge in [0.15, 0.2) is 11.5 Å². The second-order valence-electron chi connectivity index (χ2n) is 4.85. The van der Waals surface area contributed by atoms with Gasteiger partial charge in [-0.1, -0.05) is 6.07 Å². The van der Waals surface area contributed by atoms with Crippen LogP contribution >= 0.6 is 0 Å². The predicted molar refractivity (Wildman–Crippen MR) is 81.2 cm³/mol. The van der Waals surface area contributed by atoms with Crippen molar-refractivity contribution < 1.29 is 18.7 Å². The van der Waals surface area contributed by atoms with Gasteiger partial charge in [-0.3, -0.25) is 0 Å². The van der Waals surface area contributed by atoms with E-state index in [0.717, 1.165) is 0 Å². The van der Waals surface area contributed by atoms with Gasteiger partial charge in [0.2, 0.25) is 0 Å². The monoisotopic (exact) mass is 302 g/mol. The quantitative estimate of drug-likeness (QED) is 0.892. The van der Waals surface area contributed by atoms with Crippen LogP contribution in [0.25, 0.3) is 0 Å². The van der Waals surface area contributed by atoms with Crippen molar-refractivity contribution in [2.24, 2.45) is 0 Å². The minimum absolute atomic E-state index is 0.364. The summed E-state index contributed by atoms with van der Waals surface area (Å²) in [6.45, 7) is 2.60. The zero-order valence-electron chi connectivity index (χ0n) is 12.0. The van der Waals surface area contributed by atoms with Gasteiger partial charge < -0.3 is 20.1 Å². The average molecular weight is 302 g/mol. The highest BCUT2D eigenvalue weighted by Gasteiger charge is 2.13. The maximum absolute atomic E-state index is 13.4. The summed E-state index contributed by atoms with van der Waals surface area (Å²) in [4.78, 5) is 12.0. The summed E-state index contributed by atoms with van der Waals surface area (Å²) in [5, 5.41) is 5.30. The molecule has 22 heavy (non-hydrogen) atoms. The van der Waals surface area contributed by atoms with Crippen LogP contribution in [0.5, 0.6) is 11.5 Å². The third-order valence-electron chi connectivity index (χ3n) is 3.32. The van der Waals surface area contributed by atoms with Crippen molar-refractivity contribution in [2.45, 2.75) is 6.92 Å². The molecule has 1 aliphatic rings. The van der Waals surface area contributed by atoms with Gasteiger partial charge in [-0.2, -0.15) is 0 Å². The molecule has 114 valence electrons. The second-order valence-corrected chi connectivity index (χ2v) is 4.85. The number of halogens is 1. The van der Waals surface area contributed by atoms with Gasteiger partial charge in [0.1, 0.15) is 19.0 Å². The number of hydrogen-bond donors (Lipinski definition) is 2.